The molecule has 0 bridgehead atoms. The minimum Gasteiger partial charge on any atom is -0.349 e. The van der Waals surface area contributed by atoms with Crippen LogP contribution in [-0.4, -0.2) is 23.9 Å². The Balaban J connectivity index is 1.49. The standard InChI is InChI=1S/C22H26ClFN2O/c1-15-3-5-17(6-4-15)16(2)25-22(27)18-9-11-26(12-10-18)14-19-7-8-20(23)13-21(19)24/h3-8,13,16,18H,9-12,14H2,1-2H3,(H,25,27). The molecule has 1 N–H and O–H groups in total. The van der Waals surface area contributed by atoms with Gasteiger partial charge >= 0.3 is 0 Å². The molecule has 1 unspecified atom stereocenters. The van der Waals surface area contributed by atoms with Crippen LogP contribution in [0.25, 0.3) is 0 Å². The fourth-order valence-electron chi connectivity index (χ4n) is 3.51. The summed E-state index contributed by atoms with van der Waals surface area (Å²) in [7, 11) is 0. The third-order valence-corrected chi connectivity index (χ3v) is 5.54. The van der Waals surface area contributed by atoms with Crippen molar-refractivity contribution in [2.45, 2.75) is 39.3 Å². The van der Waals surface area contributed by atoms with Gasteiger partial charge in [-0.05, 0) is 57.5 Å². The minimum absolute atomic E-state index is 0.000655. The molecule has 1 fully saturated rings. The van der Waals surface area contributed by atoms with Gasteiger partial charge in [-0.2, -0.15) is 0 Å². The van der Waals surface area contributed by atoms with Gasteiger partial charge in [0.2, 0.25) is 5.91 Å². The number of halogens is 2. The van der Waals surface area contributed by atoms with Gasteiger partial charge in [0, 0.05) is 23.0 Å². The molecule has 27 heavy (non-hydrogen) atoms. The van der Waals surface area contributed by atoms with Crippen LogP contribution in [0, 0.1) is 18.7 Å². The number of likely N-dealkylation sites (tertiary alicyclic amines) is 1. The van der Waals surface area contributed by atoms with Crippen LogP contribution in [0.2, 0.25) is 5.02 Å². The van der Waals surface area contributed by atoms with Crippen LogP contribution in [0.15, 0.2) is 42.5 Å². The quantitative estimate of drug-likeness (QED) is 0.791. The maximum atomic E-state index is 14.0. The molecule has 1 saturated heterocycles. The van der Waals surface area contributed by atoms with E-state index < -0.39 is 0 Å². The minimum atomic E-state index is -0.269. The summed E-state index contributed by atoms with van der Waals surface area (Å²) in [6, 6.07) is 13.0. The van der Waals surface area contributed by atoms with E-state index in [1.165, 1.54) is 11.6 Å². The van der Waals surface area contributed by atoms with Gasteiger partial charge in [-0.3, -0.25) is 9.69 Å². The topological polar surface area (TPSA) is 32.3 Å². The molecular formula is C22H26ClFN2O. The van der Waals surface area contributed by atoms with E-state index in [9.17, 15) is 9.18 Å². The molecule has 0 spiro atoms. The molecule has 1 atom stereocenters. The molecule has 3 rings (SSSR count). The van der Waals surface area contributed by atoms with E-state index in [1.54, 1.807) is 12.1 Å². The van der Waals surface area contributed by atoms with E-state index >= 15 is 0 Å². The number of carbonyl (C=O) groups excluding carboxylic acids is 1. The van der Waals surface area contributed by atoms with E-state index in [4.69, 9.17) is 11.6 Å². The first-order valence-corrected chi connectivity index (χ1v) is 9.83. The Labute approximate surface area is 165 Å². The first kappa shape index (κ1) is 19.8. The van der Waals surface area contributed by atoms with Crippen molar-refractivity contribution < 1.29 is 9.18 Å². The number of aryl methyl sites for hydroxylation is 1. The van der Waals surface area contributed by atoms with E-state index in [-0.39, 0.29) is 23.7 Å². The Kier molecular flexibility index (Phi) is 6.51. The number of amides is 1. The van der Waals surface area contributed by atoms with Crippen molar-refractivity contribution in [1.29, 1.82) is 0 Å². The van der Waals surface area contributed by atoms with Crippen molar-refractivity contribution in [3.8, 4) is 0 Å². The highest BCUT2D eigenvalue weighted by molar-refractivity contribution is 6.30. The number of benzene rings is 2. The maximum Gasteiger partial charge on any atom is 0.223 e. The first-order chi connectivity index (χ1) is 12.9. The van der Waals surface area contributed by atoms with Crippen molar-refractivity contribution in [3.05, 3.63) is 70.0 Å². The SMILES string of the molecule is Cc1ccc(C(C)NC(=O)C2CCN(Cc3ccc(Cl)cc3F)CC2)cc1. The zero-order valence-corrected chi connectivity index (χ0v) is 16.6. The Morgan fingerprint density at radius 2 is 1.89 bits per heavy atom. The van der Waals surface area contributed by atoms with E-state index in [2.05, 4.69) is 41.4 Å². The highest BCUT2D eigenvalue weighted by Crippen LogP contribution is 2.23. The van der Waals surface area contributed by atoms with Crippen LogP contribution in [0.4, 0.5) is 4.39 Å². The highest BCUT2D eigenvalue weighted by Gasteiger charge is 2.26. The lowest BCUT2D eigenvalue weighted by Gasteiger charge is -2.32. The predicted octanol–water partition coefficient (Wildman–Crippen LogP) is 4.88. The number of carbonyl (C=O) groups is 1. The van der Waals surface area contributed by atoms with Crippen LogP contribution >= 0.6 is 11.6 Å². The molecule has 5 heteroatoms. The molecular weight excluding hydrogens is 363 g/mol. The molecule has 1 aliphatic rings. The molecule has 1 heterocycles. The average molecular weight is 389 g/mol. The monoisotopic (exact) mass is 388 g/mol. The largest absolute Gasteiger partial charge is 0.349 e. The summed E-state index contributed by atoms with van der Waals surface area (Å²) in [5.74, 6) is -0.140. The van der Waals surface area contributed by atoms with Gasteiger partial charge in [-0.25, -0.2) is 4.39 Å². The smallest absolute Gasteiger partial charge is 0.223 e. The lowest BCUT2D eigenvalue weighted by atomic mass is 9.94. The van der Waals surface area contributed by atoms with E-state index in [0.29, 0.717) is 17.1 Å². The Morgan fingerprint density at radius 1 is 1.22 bits per heavy atom. The second kappa shape index (κ2) is 8.85. The number of nitrogens with zero attached hydrogens (tertiary/aromatic N) is 1. The zero-order chi connectivity index (χ0) is 19.4. The summed E-state index contributed by atoms with van der Waals surface area (Å²) in [4.78, 5) is 14.8. The second-order valence-corrected chi connectivity index (χ2v) is 7.86. The number of hydrogen-bond acceptors (Lipinski definition) is 2. The van der Waals surface area contributed by atoms with Crippen molar-refractivity contribution in [2.24, 2.45) is 5.92 Å². The van der Waals surface area contributed by atoms with Gasteiger partial charge in [0.15, 0.2) is 0 Å². The van der Waals surface area contributed by atoms with Crippen LogP contribution in [0.5, 0.6) is 0 Å². The molecule has 0 saturated carbocycles. The summed E-state index contributed by atoms with van der Waals surface area (Å²) in [6.45, 7) is 6.20. The number of nitrogens with one attached hydrogen (secondary N) is 1. The summed E-state index contributed by atoms with van der Waals surface area (Å²) < 4.78 is 14.0. The van der Waals surface area contributed by atoms with Crippen LogP contribution < -0.4 is 5.32 Å². The van der Waals surface area contributed by atoms with Crippen molar-refractivity contribution in [1.82, 2.24) is 10.2 Å². The highest BCUT2D eigenvalue weighted by atomic mass is 35.5. The molecule has 0 aromatic heterocycles. The van der Waals surface area contributed by atoms with Crippen molar-refractivity contribution in [2.75, 3.05) is 13.1 Å². The van der Waals surface area contributed by atoms with Crippen LogP contribution in [0.3, 0.4) is 0 Å². The molecule has 1 amide bonds. The van der Waals surface area contributed by atoms with Gasteiger partial charge in [0.1, 0.15) is 5.82 Å². The Morgan fingerprint density at radius 3 is 2.52 bits per heavy atom. The van der Waals surface area contributed by atoms with Gasteiger partial charge in [-0.1, -0.05) is 47.5 Å². The third-order valence-electron chi connectivity index (χ3n) is 5.30. The Bertz CT molecular complexity index is 785. The molecule has 2 aromatic carbocycles. The lowest BCUT2D eigenvalue weighted by Crippen LogP contribution is -2.41. The molecule has 2 aromatic rings. The Hall–Kier alpha value is -1.91. The molecule has 1 aliphatic heterocycles. The fourth-order valence-corrected chi connectivity index (χ4v) is 3.67. The molecule has 144 valence electrons. The summed E-state index contributed by atoms with van der Waals surface area (Å²) in [5, 5.41) is 3.54. The van der Waals surface area contributed by atoms with Crippen LogP contribution in [-0.2, 0) is 11.3 Å². The van der Waals surface area contributed by atoms with E-state index in [1.807, 2.05) is 6.92 Å². The normalized spacial score (nSPS) is 16.9. The lowest BCUT2D eigenvalue weighted by molar-refractivity contribution is -0.127. The van der Waals surface area contributed by atoms with E-state index in [0.717, 1.165) is 31.5 Å². The maximum absolute atomic E-state index is 14.0. The predicted molar refractivity (Wildman–Crippen MR) is 107 cm³/mol. The second-order valence-electron chi connectivity index (χ2n) is 7.43. The van der Waals surface area contributed by atoms with Crippen molar-refractivity contribution in [3.63, 3.8) is 0 Å². The summed E-state index contributed by atoms with van der Waals surface area (Å²) in [6.07, 6.45) is 1.59. The molecule has 3 nitrogen and oxygen atoms in total. The van der Waals surface area contributed by atoms with Gasteiger partial charge in [0.05, 0.1) is 6.04 Å². The first-order valence-electron chi connectivity index (χ1n) is 9.45. The zero-order valence-electron chi connectivity index (χ0n) is 15.8. The fraction of sp³-hybridized carbons (Fsp3) is 0.409. The van der Waals surface area contributed by atoms with Gasteiger partial charge < -0.3 is 5.32 Å². The third kappa shape index (κ3) is 5.30. The molecule has 0 aliphatic carbocycles. The number of rotatable bonds is 5. The summed E-state index contributed by atoms with van der Waals surface area (Å²) >= 11 is 5.81. The van der Waals surface area contributed by atoms with Gasteiger partial charge in [-0.15, -0.1) is 0 Å². The number of piperidine rings is 1. The number of hydrogen-bond donors (Lipinski definition) is 1. The van der Waals surface area contributed by atoms with Crippen molar-refractivity contribution >= 4 is 17.5 Å². The average Bonchev–Trinajstić information content (AvgIpc) is 2.65. The van der Waals surface area contributed by atoms with Gasteiger partial charge in [0.25, 0.3) is 0 Å². The summed E-state index contributed by atoms with van der Waals surface area (Å²) in [5.41, 5.74) is 2.97. The van der Waals surface area contributed by atoms with Crippen LogP contribution in [0.1, 0.15) is 42.5 Å². The molecule has 0 radical (unpaired) electrons.